The molecule has 1 aliphatic heterocycles. The van der Waals surface area contributed by atoms with E-state index in [4.69, 9.17) is 23.2 Å². The predicted octanol–water partition coefficient (Wildman–Crippen LogP) is 5.36. The topological polar surface area (TPSA) is 49.4 Å². The van der Waals surface area contributed by atoms with Crippen LogP contribution in [-0.4, -0.2) is 18.4 Å². The minimum atomic E-state index is -0.444. The molecule has 1 atom stereocenters. The second-order valence-electron chi connectivity index (χ2n) is 6.31. The van der Waals surface area contributed by atoms with Crippen molar-refractivity contribution in [2.75, 3.05) is 16.8 Å². The Morgan fingerprint density at radius 3 is 2.65 bits per heavy atom. The molecular weight excluding hydrogens is 439 g/mol. The molecule has 2 aromatic carbocycles. The van der Waals surface area contributed by atoms with Gasteiger partial charge in [0.1, 0.15) is 0 Å². The van der Waals surface area contributed by atoms with Crippen LogP contribution in [0.3, 0.4) is 0 Å². The second kappa shape index (κ2) is 7.59. The lowest BCUT2D eigenvalue weighted by atomic mass is 10.1. The van der Waals surface area contributed by atoms with Crippen molar-refractivity contribution in [1.29, 1.82) is 0 Å². The summed E-state index contributed by atoms with van der Waals surface area (Å²) in [6.07, 6.45) is 0.142. The van der Waals surface area contributed by atoms with E-state index in [9.17, 15) is 9.59 Å². The van der Waals surface area contributed by atoms with Crippen molar-refractivity contribution < 1.29 is 9.59 Å². The summed E-state index contributed by atoms with van der Waals surface area (Å²) in [7, 11) is 0. The lowest BCUT2D eigenvalue weighted by Crippen LogP contribution is -2.28. The fourth-order valence-corrected chi connectivity index (χ4v) is 3.80. The average molecular weight is 456 g/mol. The Balaban J connectivity index is 1.77. The van der Waals surface area contributed by atoms with Gasteiger partial charge in [0, 0.05) is 23.1 Å². The molecule has 0 bridgehead atoms. The summed E-state index contributed by atoms with van der Waals surface area (Å²) in [5, 5.41) is 3.64. The molecule has 0 aliphatic carbocycles. The molecule has 2 amide bonds. The number of rotatable bonds is 3. The van der Waals surface area contributed by atoms with Gasteiger partial charge < -0.3 is 10.2 Å². The first-order valence-corrected chi connectivity index (χ1v) is 9.65. The second-order valence-corrected chi connectivity index (χ2v) is 7.95. The summed E-state index contributed by atoms with van der Waals surface area (Å²) in [4.78, 5) is 26.6. The third-order valence-corrected chi connectivity index (χ3v) is 6.36. The highest BCUT2D eigenvalue weighted by Gasteiger charge is 2.36. The maximum Gasteiger partial charge on any atom is 0.229 e. The van der Waals surface area contributed by atoms with Gasteiger partial charge in [-0.15, -0.1) is 0 Å². The molecule has 4 nitrogen and oxygen atoms in total. The first kappa shape index (κ1) is 19.2. The predicted molar refractivity (Wildman–Crippen MR) is 109 cm³/mol. The molecule has 1 heterocycles. The van der Waals surface area contributed by atoms with Crippen LogP contribution in [0.4, 0.5) is 11.4 Å². The van der Waals surface area contributed by atoms with Crippen LogP contribution >= 0.6 is 39.1 Å². The molecule has 136 valence electrons. The van der Waals surface area contributed by atoms with Gasteiger partial charge in [-0.1, -0.05) is 45.2 Å². The molecule has 2 aromatic rings. The van der Waals surface area contributed by atoms with E-state index in [0.29, 0.717) is 15.7 Å². The largest absolute Gasteiger partial charge is 0.326 e. The quantitative estimate of drug-likeness (QED) is 0.676. The summed E-state index contributed by atoms with van der Waals surface area (Å²) in [6.45, 7) is 4.21. The van der Waals surface area contributed by atoms with Crippen molar-refractivity contribution in [3.8, 4) is 0 Å². The summed E-state index contributed by atoms with van der Waals surface area (Å²) in [5.41, 5.74) is 3.35. The molecule has 1 aliphatic rings. The van der Waals surface area contributed by atoms with E-state index < -0.39 is 5.92 Å². The molecule has 0 unspecified atom stereocenters. The van der Waals surface area contributed by atoms with E-state index >= 15 is 0 Å². The highest BCUT2D eigenvalue weighted by Crippen LogP contribution is 2.36. The summed E-state index contributed by atoms with van der Waals surface area (Å²) < 4.78 is 0.991. The van der Waals surface area contributed by atoms with Crippen molar-refractivity contribution in [3.63, 3.8) is 0 Å². The van der Waals surface area contributed by atoms with E-state index in [2.05, 4.69) is 21.2 Å². The van der Waals surface area contributed by atoms with E-state index in [0.717, 1.165) is 21.3 Å². The Bertz CT molecular complexity index is 901. The van der Waals surface area contributed by atoms with Crippen LogP contribution in [-0.2, 0) is 9.59 Å². The van der Waals surface area contributed by atoms with Crippen LogP contribution in [0, 0.1) is 19.8 Å². The average Bonchev–Trinajstić information content (AvgIpc) is 2.99. The number of amides is 2. The van der Waals surface area contributed by atoms with E-state index in [1.165, 1.54) is 4.90 Å². The van der Waals surface area contributed by atoms with Gasteiger partial charge in [0.2, 0.25) is 11.8 Å². The number of nitrogens with zero attached hydrogens (tertiary/aromatic N) is 1. The highest BCUT2D eigenvalue weighted by atomic mass is 79.9. The number of hydrogen-bond acceptors (Lipinski definition) is 2. The van der Waals surface area contributed by atoms with Crippen molar-refractivity contribution in [2.24, 2.45) is 5.92 Å². The van der Waals surface area contributed by atoms with Crippen LogP contribution in [0.1, 0.15) is 17.5 Å². The lowest BCUT2D eigenvalue weighted by Gasteiger charge is -2.19. The summed E-state index contributed by atoms with van der Waals surface area (Å²) >= 11 is 15.7. The Morgan fingerprint density at radius 1 is 1.19 bits per heavy atom. The molecule has 0 saturated carbocycles. The monoisotopic (exact) mass is 454 g/mol. The number of anilines is 2. The Labute approximate surface area is 170 Å². The molecule has 1 fully saturated rings. The SMILES string of the molecule is Cc1c(Br)ccc(NC(=O)[C@H]2CC(=O)N(c3cccc(Cl)c3Cl)C2)c1C. The fraction of sp³-hybridized carbons (Fsp3) is 0.263. The van der Waals surface area contributed by atoms with Crippen molar-refractivity contribution >= 4 is 62.3 Å². The molecular formula is C19H17BrCl2N2O2. The van der Waals surface area contributed by atoms with Gasteiger partial charge in [0.15, 0.2) is 0 Å². The van der Waals surface area contributed by atoms with Gasteiger partial charge in [-0.2, -0.15) is 0 Å². The zero-order chi connectivity index (χ0) is 19.0. The van der Waals surface area contributed by atoms with Gasteiger partial charge in [-0.05, 0) is 49.2 Å². The number of halogens is 3. The van der Waals surface area contributed by atoms with Crippen LogP contribution in [0.15, 0.2) is 34.8 Å². The van der Waals surface area contributed by atoms with Gasteiger partial charge in [-0.3, -0.25) is 9.59 Å². The maximum absolute atomic E-state index is 12.7. The van der Waals surface area contributed by atoms with Crippen molar-refractivity contribution in [3.05, 3.63) is 56.0 Å². The highest BCUT2D eigenvalue weighted by molar-refractivity contribution is 9.10. The Hall–Kier alpha value is -1.56. The zero-order valence-electron chi connectivity index (χ0n) is 14.3. The number of benzene rings is 2. The molecule has 26 heavy (non-hydrogen) atoms. The zero-order valence-corrected chi connectivity index (χ0v) is 17.4. The smallest absolute Gasteiger partial charge is 0.229 e. The minimum absolute atomic E-state index is 0.141. The first-order chi connectivity index (χ1) is 12.3. The molecule has 0 aromatic heterocycles. The van der Waals surface area contributed by atoms with Crippen molar-refractivity contribution in [2.45, 2.75) is 20.3 Å². The number of nitrogens with one attached hydrogen (secondary N) is 1. The summed E-state index contributed by atoms with van der Waals surface area (Å²) in [5.74, 6) is -0.761. The van der Waals surface area contributed by atoms with Gasteiger partial charge in [0.05, 0.1) is 21.7 Å². The van der Waals surface area contributed by atoms with Crippen LogP contribution in [0.5, 0.6) is 0 Å². The van der Waals surface area contributed by atoms with E-state index in [1.807, 2.05) is 26.0 Å². The number of hydrogen-bond donors (Lipinski definition) is 1. The molecule has 3 rings (SSSR count). The van der Waals surface area contributed by atoms with Crippen LogP contribution < -0.4 is 10.2 Å². The van der Waals surface area contributed by atoms with Crippen molar-refractivity contribution in [1.82, 2.24) is 0 Å². The maximum atomic E-state index is 12.7. The minimum Gasteiger partial charge on any atom is -0.326 e. The molecule has 0 radical (unpaired) electrons. The van der Waals surface area contributed by atoms with Crippen LogP contribution in [0.25, 0.3) is 0 Å². The molecule has 7 heteroatoms. The number of carbonyl (C=O) groups is 2. The van der Waals surface area contributed by atoms with Gasteiger partial charge >= 0.3 is 0 Å². The fourth-order valence-electron chi connectivity index (χ4n) is 2.97. The van der Waals surface area contributed by atoms with Gasteiger partial charge in [-0.25, -0.2) is 0 Å². The molecule has 1 N–H and O–H groups in total. The lowest BCUT2D eigenvalue weighted by molar-refractivity contribution is -0.122. The van der Waals surface area contributed by atoms with Gasteiger partial charge in [0.25, 0.3) is 0 Å². The first-order valence-electron chi connectivity index (χ1n) is 8.10. The third-order valence-electron chi connectivity index (χ3n) is 4.70. The van der Waals surface area contributed by atoms with E-state index in [1.54, 1.807) is 18.2 Å². The normalized spacial score (nSPS) is 16.9. The third kappa shape index (κ3) is 3.61. The van der Waals surface area contributed by atoms with Crippen LogP contribution in [0.2, 0.25) is 10.0 Å². The van der Waals surface area contributed by atoms with E-state index in [-0.39, 0.29) is 24.8 Å². The summed E-state index contributed by atoms with van der Waals surface area (Å²) in [6, 6.07) is 8.88. The molecule has 0 spiro atoms. The number of carbonyl (C=O) groups excluding carboxylic acids is 2. The Kier molecular flexibility index (Phi) is 5.61. The molecule has 1 saturated heterocycles. The standard InChI is InChI=1S/C19H17BrCl2N2O2/c1-10-11(2)15(7-6-13(10)20)23-19(26)12-8-17(25)24(9-12)16-5-3-4-14(21)18(16)22/h3-7,12H,8-9H2,1-2H3,(H,23,26)/t12-/m0/s1. The Morgan fingerprint density at radius 2 is 1.92 bits per heavy atom.